The molecular weight excluding hydrogens is 289 g/mol. The van der Waals surface area contributed by atoms with E-state index in [-0.39, 0.29) is 37.4 Å². The smallest absolute Gasteiger partial charge is 0.423 e. The van der Waals surface area contributed by atoms with Crippen molar-refractivity contribution in [1.29, 1.82) is 0 Å². The molecule has 2 rings (SSSR count). The van der Waals surface area contributed by atoms with E-state index in [0.717, 1.165) is 4.68 Å². The fourth-order valence-corrected chi connectivity index (χ4v) is 1.87. The maximum Gasteiger partial charge on any atom is 0.435 e. The van der Waals surface area contributed by atoms with Gasteiger partial charge in [0.25, 0.3) is 0 Å². The number of halogens is 3. The third-order valence-corrected chi connectivity index (χ3v) is 2.82. The van der Waals surface area contributed by atoms with E-state index in [1.54, 1.807) is 0 Å². The molecule has 0 saturated carbocycles. The van der Waals surface area contributed by atoms with Gasteiger partial charge in [-0.15, -0.1) is 10.2 Å². The average molecular weight is 304 g/mol. The molecule has 2 heterocycles. The highest BCUT2D eigenvalue weighted by Gasteiger charge is 2.36. The van der Waals surface area contributed by atoms with Crippen molar-refractivity contribution in [3.8, 4) is 0 Å². The summed E-state index contributed by atoms with van der Waals surface area (Å²) in [6.45, 7) is 1.64. The first-order valence-corrected chi connectivity index (χ1v) is 6.49. The third-order valence-electron chi connectivity index (χ3n) is 2.82. The van der Waals surface area contributed by atoms with Crippen LogP contribution in [0.3, 0.4) is 0 Å². The molecule has 0 atom stereocenters. The summed E-state index contributed by atoms with van der Waals surface area (Å²) in [7, 11) is 0. The first-order valence-electron chi connectivity index (χ1n) is 6.49. The number of hydrogen-bond donors (Lipinski definition) is 1. The zero-order valence-corrected chi connectivity index (χ0v) is 11.4. The number of nitrogens with zero attached hydrogens (tertiary/aromatic N) is 4. The first kappa shape index (κ1) is 15.5. The highest BCUT2D eigenvalue weighted by molar-refractivity contribution is 5.20. The molecule has 0 fully saturated rings. The van der Waals surface area contributed by atoms with Crippen LogP contribution in [-0.2, 0) is 25.6 Å². The van der Waals surface area contributed by atoms with Crippen molar-refractivity contribution in [2.24, 2.45) is 0 Å². The van der Waals surface area contributed by atoms with Crippen molar-refractivity contribution < 1.29 is 22.7 Å². The molecule has 0 aromatic carbocycles. The number of rotatable bonds is 6. The van der Waals surface area contributed by atoms with Gasteiger partial charge in [0, 0.05) is 24.8 Å². The van der Waals surface area contributed by atoms with E-state index in [4.69, 9.17) is 9.52 Å². The minimum Gasteiger partial charge on any atom is -0.423 e. The molecule has 0 amide bonds. The summed E-state index contributed by atoms with van der Waals surface area (Å²) in [6.07, 6.45) is -2.32. The Hall–Kier alpha value is -1.90. The Balaban J connectivity index is 2.21. The number of aliphatic hydroxyl groups is 1. The second kappa shape index (κ2) is 6.25. The lowest BCUT2D eigenvalue weighted by atomic mass is 10.1. The van der Waals surface area contributed by atoms with E-state index in [9.17, 15) is 13.2 Å². The molecule has 0 unspecified atom stereocenters. The van der Waals surface area contributed by atoms with E-state index < -0.39 is 11.9 Å². The third kappa shape index (κ3) is 3.81. The Labute approximate surface area is 118 Å². The molecular formula is C12H15F3N4O2. The standard InChI is InChI=1S/C12H15F3N4O2/c1-2-9-16-17-10(21-9)7-19-6-8(4-3-5-20)11(18-19)12(13,14)15/h6,20H,2-5,7H2,1H3. The Bertz CT molecular complexity index is 592. The summed E-state index contributed by atoms with van der Waals surface area (Å²) < 4.78 is 45.1. The van der Waals surface area contributed by atoms with Crippen molar-refractivity contribution in [3.05, 3.63) is 29.2 Å². The Kier molecular flexibility index (Phi) is 4.61. The van der Waals surface area contributed by atoms with Gasteiger partial charge in [0.2, 0.25) is 11.8 Å². The lowest BCUT2D eigenvalue weighted by molar-refractivity contribution is -0.142. The van der Waals surface area contributed by atoms with Crippen molar-refractivity contribution >= 4 is 0 Å². The first-order chi connectivity index (χ1) is 9.94. The molecule has 21 heavy (non-hydrogen) atoms. The highest BCUT2D eigenvalue weighted by atomic mass is 19.4. The van der Waals surface area contributed by atoms with Crippen LogP contribution >= 0.6 is 0 Å². The van der Waals surface area contributed by atoms with Gasteiger partial charge in [0.15, 0.2) is 5.69 Å². The van der Waals surface area contributed by atoms with Crippen molar-refractivity contribution in [2.45, 2.75) is 38.9 Å². The van der Waals surface area contributed by atoms with Gasteiger partial charge in [-0.3, -0.25) is 4.68 Å². The molecule has 0 aliphatic carbocycles. The van der Waals surface area contributed by atoms with E-state index in [0.29, 0.717) is 12.3 Å². The number of aryl methyl sites for hydroxylation is 2. The molecule has 2 aromatic rings. The summed E-state index contributed by atoms with van der Waals surface area (Å²) in [4.78, 5) is 0. The van der Waals surface area contributed by atoms with Gasteiger partial charge < -0.3 is 9.52 Å². The zero-order valence-electron chi connectivity index (χ0n) is 11.4. The molecule has 0 radical (unpaired) electrons. The molecule has 0 bridgehead atoms. The van der Waals surface area contributed by atoms with Crippen LogP contribution in [0.15, 0.2) is 10.6 Å². The summed E-state index contributed by atoms with van der Waals surface area (Å²) >= 11 is 0. The molecule has 6 nitrogen and oxygen atoms in total. The Morgan fingerprint density at radius 2 is 2.00 bits per heavy atom. The van der Waals surface area contributed by atoms with Gasteiger partial charge in [0.1, 0.15) is 6.54 Å². The van der Waals surface area contributed by atoms with Crippen LogP contribution < -0.4 is 0 Å². The highest BCUT2D eigenvalue weighted by Crippen LogP contribution is 2.31. The van der Waals surface area contributed by atoms with E-state index in [2.05, 4.69) is 15.3 Å². The van der Waals surface area contributed by atoms with Gasteiger partial charge in [-0.2, -0.15) is 18.3 Å². The second-order valence-electron chi connectivity index (χ2n) is 4.47. The Morgan fingerprint density at radius 1 is 1.29 bits per heavy atom. The molecule has 116 valence electrons. The summed E-state index contributed by atoms with van der Waals surface area (Å²) in [5, 5.41) is 19.8. The second-order valence-corrected chi connectivity index (χ2v) is 4.47. The van der Waals surface area contributed by atoms with Crippen LogP contribution in [0.2, 0.25) is 0 Å². The largest absolute Gasteiger partial charge is 0.435 e. The van der Waals surface area contributed by atoms with Gasteiger partial charge in [-0.05, 0) is 12.8 Å². The van der Waals surface area contributed by atoms with Crippen LogP contribution in [0.25, 0.3) is 0 Å². The average Bonchev–Trinajstić information content (AvgIpc) is 3.03. The maximum atomic E-state index is 12.9. The number of aliphatic hydroxyl groups excluding tert-OH is 1. The maximum absolute atomic E-state index is 12.9. The van der Waals surface area contributed by atoms with Gasteiger partial charge >= 0.3 is 6.18 Å². The van der Waals surface area contributed by atoms with Crippen molar-refractivity contribution in [1.82, 2.24) is 20.0 Å². The van der Waals surface area contributed by atoms with E-state index in [1.165, 1.54) is 6.20 Å². The number of aromatic nitrogens is 4. The number of hydrogen-bond acceptors (Lipinski definition) is 5. The molecule has 0 saturated heterocycles. The molecule has 0 spiro atoms. The van der Waals surface area contributed by atoms with Gasteiger partial charge in [-0.25, -0.2) is 0 Å². The molecule has 1 N–H and O–H groups in total. The zero-order chi connectivity index (χ0) is 15.5. The lowest BCUT2D eigenvalue weighted by Crippen LogP contribution is -2.10. The minimum absolute atomic E-state index is 0.0186. The predicted molar refractivity (Wildman–Crippen MR) is 65.4 cm³/mol. The lowest BCUT2D eigenvalue weighted by Gasteiger charge is -2.04. The van der Waals surface area contributed by atoms with Crippen LogP contribution in [0.5, 0.6) is 0 Å². The van der Waals surface area contributed by atoms with Crippen LogP contribution in [0, 0.1) is 0 Å². The summed E-state index contributed by atoms with van der Waals surface area (Å²) in [5.41, 5.74) is -0.891. The molecule has 2 aromatic heterocycles. The van der Waals surface area contributed by atoms with Crippen LogP contribution in [0.1, 0.15) is 36.4 Å². The van der Waals surface area contributed by atoms with Gasteiger partial charge in [-0.1, -0.05) is 6.92 Å². The normalized spacial score (nSPS) is 12.0. The SMILES string of the molecule is CCc1nnc(Cn2cc(CCCO)c(C(F)(F)F)n2)o1. The molecule has 0 aliphatic heterocycles. The predicted octanol–water partition coefficient (Wildman–Crippen LogP) is 1.82. The fraction of sp³-hybridized carbons (Fsp3) is 0.583. The minimum atomic E-state index is -4.53. The van der Waals surface area contributed by atoms with Gasteiger partial charge in [0.05, 0.1) is 0 Å². The van der Waals surface area contributed by atoms with E-state index in [1.807, 2.05) is 6.92 Å². The topological polar surface area (TPSA) is 77.0 Å². The molecule has 9 heteroatoms. The quantitative estimate of drug-likeness (QED) is 0.881. The van der Waals surface area contributed by atoms with Crippen molar-refractivity contribution in [2.75, 3.05) is 6.61 Å². The van der Waals surface area contributed by atoms with E-state index >= 15 is 0 Å². The molecule has 0 aliphatic rings. The summed E-state index contributed by atoms with van der Waals surface area (Å²) in [6, 6.07) is 0. The van der Waals surface area contributed by atoms with Crippen LogP contribution in [0.4, 0.5) is 13.2 Å². The monoisotopic (exact) mass is 304 g/mol. The fourth-order valence-electron chi connectivity index (χ4n) is 1.87. The summed E-state index contributed by atoms with van der Waals surface area (Å²) in [5.74, 6) is 0.630. The number of alkyl halides is 3. The van der Waals surface area contributed by atoms with Crippen molar-refractivity contribution in [3.63, 3.8) is 0 Å². The Morgan fingerprint density at radius 3 is 2.57 bits per heavy atom. The van der Waals surface area contributed by atoms with Crippen LogP contribution in [-0.4, -0.2) is 31.7 Å².